The fraction of sp³-hybridized carbons (Fsp3) is 0.571. The van der Waals surface area contributed by atoms with Crippen LogP contribution in [0.25, 0.3) is 0 Å². The Balaban J connectivity index is 2.81. The van der Waals surface area contributed by atoms with E-state index in [0.29, 0.717) is 6.42 Å². The molecule has 0 aliphatic rings. The topological polar surface area (TPSA) is 29.3 Å². The minimum atomic E-state index is -0.197. The van der Waals surface area contributed by atoms with E-state index in [4.69, 9.17) is 5.73 Å². The van der Waals surface area contributed by atoms with Crippen molar-refractivity contribution in [2.24, 2.45) is 5.73 Å². The molecular formula is C14H23FN2. The number of benzene rings is 1. The second-order valence-corrected chi connectivity index (χ2v) is 5.05. The smallest absolute Gasteiger partial charge is 0.123 e. The monoisotopic (exact) mass is 238 g/mol. The van der Waals surface area contributed by atoms with Crippen LogP contribution in [0.2, 0.25) is 0 Å². The van der Waals surface area contributed by atoms with E-state index in [1.54, 1.807) is 12.1 Å². The largest absolute Gasteiger partial charge is 0.326 e. The Kier molecular flexibility index (Phi) is 4.66. The van der Waals surface area contributed by atoms with Crippen LogP contribution in [0, 0.1) is 5.82 Å². The number of nitrogens with two attached hydrogens (primary N) is 1. The van der Waals surface area contributed by atoms with E-state index in [1.165, 1.54) is 6.07 Å². The average Bonchev–Trinajstić information content (AvgIpc) is 2.27. The molecule has 0 radical (unpaired) electrons. The van der Waals surface area contributed by atoms with Crippen molar-refractivity contribution in [1.82, 2.24) is 4.90 Å². The zero-order valence-electron chi connectivity index (χ0n) is 11.2. The van der Waals surface area contributed by atoms with Gasteiger partial charge < -0.3 is 10.6 Å². The molecule has 0 amide bonds. The van der Waals surface area contributed by atoms with Gasteiger partial charge in [0.05, 0.1) is 0 Å². The molecule has 1 aromatic carbocycles. The number of nitrogens with zero attached hydrogens (tertiary/aromatic N) is 1. The SMILES string of the molecule is CCC(C)(C(N)Cc1cccc(F)c1)N(C)C. The summed E-state index contributed by atoms with van der Waals surface area (Å²) in [7, 11) is 4.07. The molecule has 2 unspecified atom stereocenters. The van der Waals surface area contributed by atoms with E-state index in [2.05, 4.69) is 18.7 Å². The predicted octanol–water partition coefficient (Wildman–Crippen LogP) is 2.43. The van der Waals surface area contributed by atoms with Crippen LogP contribution in [0.15, 0.2) is 24.3 Å². The zero-order chi connectivity index (χ0) is 13.1. The van der Waals surface area contributed by atoms with Gasteiger partial charge in [0.1, 0.15) is 5.82 Å². The maximum atomic E-state index is 13.1. The molecule has 0 spiro atoms. The maximum Gasteiger partial charge on any atom is 0.123 e. The van der Waals surface area contributed by atoms with Gasteiger partial charge in [0.25, 0.3) is 0 Å². The average molecular weight is 238 g/mol. The van der Waals surface area contributed by atoms with Crippen molar-refractivity contribution in [2.75, 3.05) is 14.1 Å². The first-order valence-corrected chi connectivity index (χ1v) is 6.07. The van der Waals surface area contributed by atoms with E-state index >= 15 is 0 Å². The molecule has 0 saturated heterocycles. The quantitative estimate of drug-likeness (QED) is 0.853. The Morgan fingerprint density at radius 2 is 2.06 bits per heavy atom. The molecule has 0 heterocycles. The van der Waals surface area contributed by atoms with E-state index in [0.717, 1.165) is 12.0 Å². The first kappa shape index (κ1) is 14.1. The van der Waals surface area contributed by atoms with Crippen molar-refractivity contribution in [3.05, 3.63) is 35.6 Å². The fourth-order valence-corrected chi connectivity index (χ4v) is 2.05. The van der Waals surface area contributed by atoms with Gasteiger partial charge in [-0.15, -0.1) is 0 Å². The first-order valence-electron chi connectivity index (χ1n) is 6.07. The van der Waals surface area contributed by atoms with Gasteiger partial charge in [0.2, 0.25) is 0 Å². The van der Waals surface area contributed by atoms with Gasteiger partial charge in [-0.25, -0.2) is 4.39 Å². The van der Waals surface area contributed by atoms with Crippen molar-refractivity contribution < 1.29 is 4.39 Å². The van der Waals surface area contributed by atoms with Gasteiger partial charge in [0.15, 0.2) is 0 Å². The molecule has 2 atom stereocenters. The second-order valence-electron chi connectivity index (χ2n) is 5.05. The summed E-state index contributed by atoms with van der Waals surface area (Å²) in [4.78, 5) is 2.15. The van der Waals surface area contributed by atoms with Crippen LogP contribution >= 0.6 is 0 Å². The molecular weight excluding hydrogens is 215 g/mol. The second kappa shape index (κ2) is 5.61. The van der Waals surface area contributed by atoms with Gasteiger partial charge in [-0.05, 0) is 51.6 Å². The highest BCUT2D eigenvalue weighted by Crippen LogP contribution is 2.22. The minimum Gasteiger partial charge on any atom is -0.326 e. The first-order chi connectivity index (χ1) is 7.90. The zero-order valence-corrected chi connectivity index (χ0v) is 11.2. The van der Waals surface area contributed by atoms with E-state index in [9.17, 15) is 4.39 Å². The number of hydrogen-bond donors (Lipinski definition) is 1. The molecule has 96 valence electrons. The molecule has 0 fully saturated rings. The molecule has 2 nitrogen and oxygen atoms in total. The Morgan fingerprint density at radius 1 is 1.41 bits per heavy atom. The number of halogens is 1. The number of rotatable bonds is 5. The van der Waals surface area contributed by atoms with Crippen LogP contribution in [-0.4, -0.2) is 30.6 Å². The lowest BCUT2D eigenvalue weighted by Gasteiger charge is -2.41. The molecule has 1 rings (SSSR count). The lowest BCUT2D eigenvalue weighted by atomic mass is 9.85. The highest BCUT2D eigenvalue weighted by Gasteiger charge is 2.32. The van der Waals surface area contributed by atoms with Gasteiger partial charge in [0, 0.05) is 11.6 Å². The molecule has 0 aromatic heterocycles. The van der Waals surface area contributed by atoms with Crippen molar-refractivity contribution in [2.45, 2.75) is 38.3 Å². The Morgan fingerprint density at radius 3 is 2.53 bits per heavy atom. The Hall–Kier alpha value is -0.930. The summed E-state index contributed by atoms with van der Waals surface area (Å²) >= 11 is 0. The van der Waals surface area contributed by atoms with Crippen molar-refractivity contribution in [1.29, 1.82) is 0 Å². The molecule has 3 heteroatoms. The third-order valence-corrected chi connectivity index (χ3v) is 3.88. The highest BCUT2D eigenvalue weighted by molar-refractivity contribution is 5.18. The van der Waals surface area contributed by atoms with Crippen molar-refractivity contribution in [3.8, 4) is 0 Å². The molecule has 0 bridgehead atoms. The molecule has 17 heavy (non-hydrogen) atoms. The summed E-state index contributed by atoms with van der Waals surface area (Å²) < 4.78 is 13.1. The number of likely N-dealkylation sites (N-methyl/N-ethyl adjacent to an activating group) is 1. The number of hydrogen-bond acceptors (Lipinski definition) is 2. The predicted molar refractivity (Wildman–Crippen MR) is 70.5 cm³/mol. The maximum absolute atomic E-state index is 13.1. The molecule has 2 N–H and O–H groups in total. The standard InChI is InChI=1S/C14H23FN2/c1-5-14(2,17(3)4)13(16)10-11-7-6-8-12(15)9-11/h6-9,13H,5,10,16H2,1-4H3. The summed E-state index contributed by atoms with van der Waals surface area (Å²) in [5.74, 6) is -0.197. The normalized spacial score (nSPS) is 16.9. The summed E-state index contributed by atoms with van der Waals surface area (Å²) in [5, 5.41) is 0. The minimum absolute atomic E-state index is 0.00991. The van der Waals surface area contributed by atoms with E-state index in [1.807, 2.05) is 20.2 Å². The highest BCUT2D eigenvalue weighted by atomic mass is 19.1. The van der Waals surface area contributed by atoms with Gasteiger partial charge in [-0.3, -0.25) is 0 Å². The van der Waals surface area contributed by atoms with Crippen molar-refractivity contribution in [3.63, 3.8) is 0 Å². The van der Waals surface area contributed by atoms with Crippen LogP contribution in [-0.2, 0) is 6.42 Å². The fourth-order valence-electron chi connectivity index (χ4n) is 2.05. The van der Waals surface area contributed by atoms with Crippen LogP contribution in [0.1, 0.15) is 25.8 Å². The van der Waals surface area contributed by atoms with E-state index < -0.39 is 0 Å². The Bertz CT molecular complexity index is 365. The summed E-state index contributed by atoms with van der Waals surface area (Å²) in [5.41, 5.74) is 7.18. The summed E-state index contributed by atoms with van der Waals surface area (Å²) in [6.07, 6.45) is 1.66. The third-order valence-electron chi connectivity index (χ3n) is 3.88. The van der Waals surface area contributed by atoms with Gasteiger partial charge >= 0.3 is 0 Å². The van der Waals surface area contributed by atoms with Crippen molar-refractivity contribution >= 4 is 0 Å². The Labute approximate surface area is 104 Å². The molecule has 1 aromatic rings. The summed E-state index contributed by atoms with van der Waals surface area (Å²) in [6.45, 7) is 4.28. The molecule has 0 aliphatic carbocycles. The molecule has 0 aliphatic heterocycles. The van der Waals surface area contributed by atoms with Crippen LogP contribution in [0.4, 0.5) is 4.39 Å². The van der Waals surface area contributed by atoms with Gasteiger partial charge in [-0.1, -0.05) is 19.1 Å². The third kappa shape index (κ3) is 3.27. The van der Waals surface area contributed by atoms with Crippen LogP contribution in [0.5, 0.6) is 0 Å². The molecule has 0 saturated carbocycles. The lowest BCUT2D eigenvalue weighted by molar-refractivity contribution is 0.131. The summed E-state index contributed by atoms with van der Waals surface area (Å²) in [6, 6.07) is 6.67. The van der Waals surface area contributed by atoms with Crippen LogP contribution < -0.4 is 5.73 Å². The van der Waals surface area contributed by atoms with Gasteiger partial charge in [-0.2, -0.15) is 0 Å². The van der Waals surface area contributed by atoms with Crippen LogP contribution in [0.3, 0.4) is 0 Å². The lowest BCUT2D eigenvalue weighted by Crippen LogP contribution is -2.55. The van der Waals surface area contributed by atoms with E-state index in [-0.39, 0.29) is 17.4 Å².